The van der Waals surface area contributed by atoms with Gasteiger partial charge in [-0.3, -0.25) is 11.7 Å². The van der Waals surface area contributed by atoms with Gasteiger partial charge in [-0.05, 0) is 27.1 Å². The molecule has 0 fully saturated rings. The zero-order chi connectivity index (χ0) is 17.6. The Morgan fingerprint density at radius 1 is 0.478 bits per heavy atom. The van der Waals surface area contributed by atoms with E-state index in [1.165, 1.54) is 109 Å². The minimum Gasteiger partial charge on any atom is -0.309 e. The Morgan fingerprint density at radius 2 is 0.739 bits per heavy atom. The van der Waals surface area contributed by atoms with Gasteiger partial charge in [0, 0.05) is 0 Å². The first-order chi connectivity index (χ1) is 11.3. The molecule has 0 saturated heterocycles. The van der Waals surface area contributed by atoms with Crippen molar-refractivity contribution in [3.05, 3.63) is 0 Å². The maximum absolute atomic E-state index is 4.00. The second-order valence-corrected chi connectivity index (χ2v) is 7.11. The molecule has 0 amide bonds. The molecule has 0 spiro atoms. The number of rotatable bonds is 17. The molecule has 3 heteroatoms. The predicted molar refractivity (Wildman–Crippen MR) is 106 cm³/mol. The van der Waals surface area contributed by atoms with E-state index in [1.54, 1.807) is 0 Å². The molecule has 0 aromatic rings. The van der Waals surface area contributed by atoms with Crippen molar-refractivity contribution in [3.63, 3.8) is 0 Å². The number of hydrogen-bond donors (Lipinski definition) is 2. The smallest absolute Gasteiger partial charge is 0.00248 e. The van der Waals surface area contributed by atoms with E-state index in [0.29, 0.717) is 0 Å². The van der Waals surface area contributed by atoms with Gasteiger partial charge in [-0.15, -0.1) is 0 Å². The molecule has 0 aliphatic heterocycles. The van der Waals surface area contributed by atoms with E-state index in [4.69, 9.17) is 0 Å². The van der Waals surface area contributed by atoms with Crippen molar-refractivity contribution in [2.24, 2.45) is 11.7 Å². The highest BCUT2D eigenvalue weighted by atomic mass is 15.0. The molecule has 23 heavy (non-hydrogen) atoms. The molecule has 0 rings (SSSR count). The number of nitrogens with two attached hydrogens (primary N) is 2. The van der Waals surface area contributed by atoms with Crippen molar-refractivity contribution in [1.29, 1.82) is 0 Å². The maximum Gasteiger partial charge on any atom is -0.00248 e. The molecule has 4 N–H and O–H groups in total. The molecule has 0 bridgehead atoms. The molecule has 3 nitrogen and oxygen atoms in total. The first kappa shape index (κ1) is 25.1. The SMILES string of the molecule is CCCCCCCCCCCCCCCCCCN(C)C.NN. The molecule has 0 aromatic carbocycles. The normalized spacial score (nSPS) is 10.7. The minimum absolute atomic E-state index is 1.26. The number of hydrazine groups is 1. The third-order valence-electron chi connectivity index (χ3n) is 4.46. The zero-order valence-corrected chi connectivity index (χ0v) is 16.6. The van der Waals surface area contributed by atoms with Crippen LogP contribution in [0.4, 0.5) is 0 Å². The van der Waals surface area contributed by atoms with Crippen molar-refractivity contribution >= 4 is 0 Å². The Kier molecular flexibility index (Phi) is 26.4. The molecule has 0 heterocycles. The van der Waals surface area contributed by atoms with Gasteiger partial charge < -0.3 is 4.90 Å². The molecule has 0 radical (unpaired) electrons. The Labute approximate surface area is 147 Å². The van der Waals surface area contributed by atoms with Crippen LogP contribution < -0.4 is 11.7 Å². The van der Waals surface area contributed by atoms with E-state index in [1.807, 2.05) is 0 Å². The third-order valence-corrected chi connectivity index (χ3v) is 4.46. The van der Waals surface area contributed by atoms with Crippen molar-refractivity contribution in [2.45, 2.75) is 110 Å². The van der Waals surface area contributed by atoms with Crippen molar-refractivity contribution < 1.29 is 0 Å². The Bertz CT molecular complexity index is 184. The molecule has 0 unspecified atom stereocenters. The van der Waals surface area contributed by atoms with Crippen LogP contribution in [0.5, 0.6) is 0 Å². The van der Waals surface area contributed by atoms with E-state index in [-0.39, 0.29) is 0 Å². The molecule has 0 atom stereocenters. The monoisotopic (exact) mass is 329 g/mol. The molecule has 142 valence electrons. The first-order valence-corrected chi connectivity index (χ1v) is 10.3. The van der Waals surface area contributed by atoms with Gasteiger partial charge in [-0.25, -0.2) is 0 Å². The average Bonchev–Trinajstić information content (AvgIpc) is 2.56. The summed E-state index contributed by atoms with van der Waals surface area (Å²) in [6.07, 6.45) is 23.3. The summed E-state index contributed by atoms with van der Waals surface area (Å²) in [5, 5.41) is 0. The van der Waals surface area contributed by atoms with Crippen LogP contribution in [-0.2, 0) is 0 Å². The summed E-state index contributed by atoms with van der Waals surface area (Å²) in [5.74, 6) is 8.00. The van der Waals surface area contributed by atoms with Crippen molar-refractivity contribution in [1.82, 2.24) is 4.90 Å². The van der Waals surface area contributed by atoms with Crippen LogP contribution in [0, 0.1) is 0 Å². The fourth-order valence-corrected chi connectivity index (χ4v) is 2.98. The standard InChI is InChI=1S/C20H43N.H4N2/c1-4-5-6-7-8-9-10-11-12-13-14-15-16-17-18-19-20-21(2)3;1-2/h4-20H2,1-3H3;1-2H2. The fraction of sp³-hybridized carbons (Fsp3) is 1.00. The largest absolute Gasteiger partial charge is 0.309 e. The summed E-state index contributed by atoms with van der Waals surface area (Å²) in [6, 6.07) is 0. The lowest BCUT2D eigenvalue weighted by molar-refractivity contribution is 0.389. The predicted octanol–water partition coefficient (Wildman–Crippen LogP) is 5.63. The topological polar surface area (TPSA) is 55.3 Å². The van der Waals surface area contributed by atoms with Crippen LogP contribution >= 0.6 is 0 Å². The molecular formula is C20H47N3. The summed E-state index contributed by atoms with van der Waals surface area (Å²) in [7, 11) is 4.34. The Morgan fingerprint density at radius 3 is 1.00 bits per heavy atom. The van der Waals surface area contributed by atoms with Crippen LogP contribution in [0.3, 0.4) is 0 Å². The van der Waals surface area contributed by atoms with E-state index in [2.05, 4.69) is 37.6 Å². The summed E-state index contributed by atoms with van der Waals surface area (Å²) in [4.78, 5) is 2.30. The van der Waals surface area contributed by atoms with Crippen LogP contribution in [0.15, 0.2) is 0 Å². The highest BCUT2D eigenvalue weighted by Gasteiger charge is 1.95. The number of hydrogen-bond acceptors (Lipinski definition) is 3. The second-order valence-electron chi connectivity index (χ2n) is 7.11. The van der Waals surface area contributed by atoms with E-state index >= 15 is 0 Å². The lowest BCUT2D eigenvalue weighted by Gasteiger charge is -2.08. The Balaban J connectivity index is 0. The lowest BCUT2D eigenvalue weighted by atomic mass is 10.0. The van der Waals surface area contributed by atoms with E-state index in [0.717, 1.165) is 0 Å². The zero-order valence-electron chi connectivity index (χ0n) is 16.6. The van der Waals surface area contributed by atoms with E-state index in [9.17, 15) is 0 Å². The minimum atomic E-state index is 1.26. The maximum atomic E-state index is 4.00. The highest BCUT2D eigenvalue weighted by Crippen LogP contribution is 2.13. The van der Waals surface area contributed by atoms with Crippen molar-refractivity contribution in [3.8, 4) is 0 Å². The van der Waals surface area contributed by atoms with Gasteiger partial charge in [0.1, 0.15) is 0 Å². The van der Waals surface area contributed by atoms with Gasteiger partial charge in [-0.2, -0.15) is 0 Å². The van der Waals surface area contributed by atoms with Gasteiger partial charge in [0.15, 0.2) is 0 Å². The van der Waals surface area contributed by atoms with Crippen molar-refractivity contribution in [2.75, 3.05) is 20.6 Å². The average molecular weight is 330 g/mol. The summed E-state index contributed by atoms with van der Waals surface area (Å²) >= 11 is 0. The van der Waals surface area contributed by atoms with Crippen LogP contribution in [0.2, 0.25) is 0 Å². The third kappa shape index (κ3) is 27.0. The summed E-state index contributed by atoms with van der Waals surface area (Å²) < 4.78 is 0. The number of nitrogens with zero attached hydrogens (tertiary/aromatic N) is 1. The van der Waals surface area contributed by atoms with E-state index < -0.39 is 0 Å². The second kappa shape index (κ2) is 24.1. The Hall–Kier alpha value is -0.120. The molecule has 0 aliphatic carbocycles. The summed E-state index contributed by atoms with van der Waals surface area (Å²) in [6.45, 7) is 3.56. The lowest BCUT2D eigenvalue weighted by Crippen LogP contribution is -2.12. The van der Waals surface area contributed by atoms with Gasteiger partial charge in [0.2, 0.25) is 0 Å². The van der Waals surface area contributed by atoms with Gasteiger partial charge in [0.25, 0.3) is 0 Å². The van der Waals surface area contributed by atoms with Gasteiger partial charge in [-0.1, -0.05) is 103 Å². The highest BCUT2D eigenvalue weighted by molar-refractivity contribution is 4.50. The summed E-state index contributed by atoms with van der Waals surface area (Å²) in [5.41, 5.74) is 0. The quantitative estimate of drug-likeness (QED) is 0.207. The van der Waals surface area contributed by atoms with Crippen LogP contribution in [0.1, 0.15) is 110 Å². The van der Waals surface area contributed by atoms with Crippen LogP contribution in [0.25, 0.3) is 0 Å². The van der Waals surface area contributed by atoms with Gasteiger partial charge >= 0.3 is 0 Å². The molecular weight excluding hydrogens is 282 g/mol. The van der Waals surface area contributed by atoms with Crippen LogP contribution in [-0.4, -0.2) is 25.5 Å². The molecule has 0 aliphatic rings. The molecule has 0 saturated carbocycles. The fourth-order valence-electron chi connectivity index (χ4n) is 2.98. The first-order valence-electron chi connectivity index (χ1n) is 10.3. The molecule has 0 aromatic heterocycles. The van der Waals surface area contributed by atoms with Gasteiger partial charge in [0.05, 0.1) is 0 Å². The number of unbranched alkanes of at least 4 members (excludes halogenated alkanes) is 15.